The van der Waals surface area contributed by atoms with E-state index in [4.69, 9.17) is 16.6 Å². The summed E-state index contributed by atoms with van der Waals surface area (Å²) in [7, 11) is 0. The molecule has 12 heteroatoms. The summed E-state index contributed by atoms with van der Waals surface area (Å²) in [6.07, 6.45) is 1.05. The second-order valence-corrected chi connectivity index (χ2v) is 7.68. The predicted octanol–water partition coefficient (Wildman–Crippen LogP) is -1.48. The molecule has 0 aliphatic rings. The first-order valence-electron chi connectivity index (χ1n) is 10.2. The van der Waals surface area contributed by atoms with Gasteiger partial charge in [0.1, 0.15) is 18.1 Å². The molecule has 0 aromatic heterocycles. The molecule has 31 heavy (non-hydrogen) atoms. The molecule has 3 amide bonds. The minimum atomic E-state index is -1.22. The van der Waals surface area contributed by atoms with E-state index in [-0.39, 0.29) is 12.3 Å². The standard InChI is InChI=1S/C19H35N5O7/c1-10(2)15(19(30)31)24-16(27)11(3)22-18(29)13(7-8-14(25)26)23-17(28)12(21)6-4-5-9-20/h10-13,15H,4-9,20-21H2,1-3H3,(H,22,29)(H,23,28)(H,24,27)(H,25,26)(H,30,31). The Bertz CT molecular complexity index is 641. The van der Waals surface area contributed by atoms with E-state index >= 15 is 0 Å². The van der Waals surface area contributed by atoms with Crippen molar-refractivity contribution in [2.45, 2.75) is 77.0 Å². The number of rotatable bonds is 15. The van der Waals surface area contributed by atoms with Gasteiger partial charge in [0.15, 0.2) is 0 Å². The van der Waals surface area contributed by atoms with Gasteiger partial charge in [-0.3, -0.25) is 19.2 Å². The lowest BCUT2D eigenvalue weighted by Gasteiger charge is -2.24. The van der Waals surface area contributed by atoms with Gasteiger partial charge in [-0.2, -0.15) is 0 Å². The number of hydrogen-bond donors (Lipinski definition) is 7. The number of carbonyl (C=O) groups is 5. The Kier molecular flexibility index (Phi) is 13.0. The molecule has 0 heterocycles. The van der Waals surface area contributed by atoms with Crippen molar-refractivity contribution in [2.75, 3.05) is 6.54 Å². The number of carboxylic acids is 2. The predicted molar refractivity (Wildman–Crippen MR) is 112 cm³/mol. The lowest BCUT2D eigenvalue weighted by Crippen LogP contribution is -2.56. The van der Waals surface area contributed by atoms with Crippen molar-refractivity contribution in [1.82, 2.24) is 16.0 Å². The van der Waals surface area contributed by atoms with Gasteiger partial charge in [0.05, 0.1) is 6.04 Å². The molecule has 178 valence electrons. The third-order valence-corrected chi connectivity index (χ3v) is 4.57. The summed E-state index contributed by atoms with van der Waals surface area (Å²) >= 11 is 0. The molecule has 0 aromatic rings. The molecule has 0 aliphatic carbocycles. The molecule has 0 radical (unpaired) electrons. The SMILES string of the molecule is CC(NC(=O)C(CCC(=O)O)NC(=O)C(N)CCCCN)C(=O)NC(C(=O)O)C(C)C. The van der Waals surface area contributed by atoms with Crippen molar-refractivity contribution >= 4 is 29.7 Å². The second-order valence-electron chi connectivity index (χ2n) is 7.68. The van der Waals surface area contributed by atoms with E-state index in [0.29, 0.717) is 25.8 Å². The van der Waals surface area contributed by atoms with Crippen molar-refractivity contribution < 1.29 is 34.2 Å². The summed E-state index contributed by atoms with van der Waals surface area (Å²) in [6.45, 7) is 5.05. The Balaban J connectivity index is 5.06. The summed E-state index contributed by atoms with van der Waals surface area (Å²) in [5, 5.41) is 25.2. The summed E-state index contributed by atoms with van der Waals surface area (Å²) in [4.78, 5) is 59.2. The maximum Gasteiger partial charge on any atom is 0.326 e. The molecule has 0 fully saturated rings. The number of hydrogen-bond acceptors (Lipinski definition) is 7. The average molecular weight is 446 g/mol. The zero-order chi connectivity index (χ0) is 24.1. The van der Waals surface area contributed by atoms with Gasteiger partial charge < -0.3 is 37.6 Å². The van der Waals surface area contributed by atoms with E-state index in [0.717, 1.165) is 0 Å². The van der Waals surface area contributed by atoms with E-state index < -0.39 is 60.2 Å². The summed E-state index contributed by atoms with van der Waals surface area (Å²) in [5.74, 6) is -4.87. The smallest absolute Gasteiger partial charge is 0.326 e. The third kappa shape index (κ3) is 11.3. The maximum atomic E-state index is 12.6. The molecule has 0 spiro atoms. The van der Waals surface area contributed by atoms with Crippen LogP contribution >= 0.6 is 0 Å². The molecule has 0 saturated carbocycles. The third-order valence-electron chi connectivity index (χ3n) is 4.57. The highest BCUT2D eigenvalue weighted by Gasteiger charge is 2.29. The number of amides is 3. The van der Waals surface area contributed by atoms with Crippen molar-refractivity contribution in [1.29, 1.82) is 0 Å². The molecule has 0 rings (SSSR count). The fourth-order valence-electron chi connectivity index (χ4n) is 2.63. The van der Waals surface area contributed by atoms with Crippen LogP contribution in [0, 0.1) is 5.92 Å². The highest BCUT2D eigenvalue weighted by atomic mass is 16.4. The summed E-state index contributed by atoms with van der Waals surface area (Å²) in [6, 6.07) is -4.37. The first kappa shape index (κ1) is 28.3. The molecule has 0 aliphatic heterocycles. The molecule has 12 nitrogen and oxygen atoms in total. The van der Waals surface area contributed by atoms with Crippen molar-refractivity contribution in [3.63, 3.8) is 0 Å². The van der Waals surface area contributed by atoms with E-state index in [2.05, 4.69) is 16.0 Å². The van der Waals surface area contributed by atoms with Gasteiger partial charge in [0.25, 0.3) is 0 Å². The van der Waals surface area contributed by atoms with Crippen LogP contribution in [0.4, 0.5) is 0 Å². The highest BCUT2D eigenvalue weighted by Crippen LogP contribution is 2.05. The van der Waals surface area contributed by atoms with Crippen LogP contribution in [-0.2, 0) is 24.0 Å². The lowest BCUT2D eigenvalue weighted by molar-refractivity contribution is -0.143. The van der Waals surface area contributed by atoms with Crippen LogP contribution in [0.1, 0.15) is 52.9 Å². The van der Waals surface area contributed by atoms with Gasteiger partial charge >= 0.3 is 11.9 Å². The molecule has 0 bridgehead atoms. The van der Waals surface area contributed by atoms with Gasteiger partial charge in [-0.15, -0.1) is 0 Å². The summed E-state index contributed by atoms with van der Waals surface area (Å²) < 4.78 is 0. The van der Waals surface area contributed by atoms with Gasteiger partial charge in [0, 0.05) is 6.42 Å². The Morgan fingerprint density at radius 1 is 0.839 bits per heavy atom. The molecular weight excluding hydrogens is 410 g/mol. The van der Waals surface area contributed by atoms with Crippen LogP contribution in [0.15, 0.2) is 0 Å². The molecule has 0 saturated heterocycles. The lowest BCUT2D eigenvalue weighted by atomic mass is 10.0. The first-order valence-corrected chi connectivity index (χ1v) is 10.2. The first-order chi connectivity index (χ1) is 14.4. The second kappa shape index (κ2) is 14.3. The largest absolute Gasteiger partial charge is 0.481 e. The van der Waals surface area contributed by atoms with Crippen LogP contribution in [0.5, 0.6) is 0 Å². The number of carbonyl (C=O) groups excluding carboxylic acids is 3. The summed E-state index contributed by atoms with van der Waals surface area (Å²) in [5.41, 5.74) is 11.2. The fraction of sp³-hybridized carbons (Fsp3) is 0.737. The monoisotopic (exact) mass is 445 g/mol. The van der Waals surface area contributed by atoms with E-state index in [1.54, 1.807) is 13.8 Å². The van der Waals surface area contributed by atoms with Crippen molar-refractivity contribution in [3.8, 4) is 0 Å². The fourth-order valence-corrected chi connectivity index (χ4v) is 2.63. The van der Waals surface area contributed by atoms with E-state index in [1.165, 1.54) is 6.92 Å². The number of aliphatic carboxylic acids is 2. The normalized spacial score (nSPS) is 14.8. The Morgan fingerprint density at radius 2 is 1.45 bits per heavy atom. The minimum absolute atomic E-state index is 0.208. The van der Waals surface area contributed by atoms with Crippen LogP contribution in [0.3, 0.4) is 0 Å². The number of nitrogens with one attached hydrogen (secondary N) is 3. The maximum absolute atomic E-state index is 12.6. The molecule has 0 aromatic carbocycles. The van der Waals surface area contributed by atoms with Gasteiger partial charge in [-0.1, -0.05) is 20.3 Å². The van der Waals surface area contributed by atoms with Crippen molar-refractivity contribution in [2.24, 2.45) is 17.4 Å². The topological polar surface area (TPSA) is 214 Å². The van der Waals surface area contributed by atoms with E-state index in [9.17, 15) is 29.1 Å². The van der Waals surface area contributed by atoms with Gasteiger partial charge in [0.2, 0.25) is 17.7 Å². The molecular formula is C19H35N5O7. The zero-order valence-electron chi connectivity index (χ0n) is 18.2. The van der Waals surface area contributed by atoms with Gasteiger partial charge in [-0.25, -0.2) is 4.79 Å². The van der Waals surface area contributed by atoms with E-state index in [1.807, 2.05) is 0 Å². The Morgan fingerprint density at radius 3 is 1.94 bits per heavy atom. The number of nitrogens with two attached hydrogens (primary N) is 2. The number of unbranched alkanes of at least 4 members (excludes halogenated alkanes) is 1. The highest BCUT2D eigenvalue weighted by molar-refractivity contribution is 5.94. The van der Waals surface area contributed by atoms with Crippen LogP contribution in [0.2, 0.25) is 0 Å². The Hall–Kier alpha value is -2.73. The van der Waals surface area contributed by atoms with Crippen LogP contribution in [-0.4, -0.2) is 70.6 Å². The minimum Gasteiger partial charge on any atom is -0.481 e. The molecule has 4 atom stereocenters. The quantitative estimate of drug-likeness (QED) is 0.146. The average Bonchev–Trinajstić information content (AvgIpc) is 2.67. The van der Waals surface area contributed by atoms with Crippen molar-refractivity contribution in [3.05, 3.63) is 0 Å². The molecule has 9 N–H and O–H groups in total. The molecule has 4 unspecified atom stereocenters. The van der Waals surface area contributed by atoms with Crippen LogP contribution < -0.4 is 27.4 Å². The zero-order valence-corrected chi connectivity index (χ0v) is 18.2. The van der Waals surface area contributed by atoms with Crippen LogP contribution in [0.25, 0.3) is 0 Å². The Labute approximate surface area is 181 Å². The number of carboxylic acid groups (broad SMARTS) is 2. The van der Waals surface area contributed by atoms with Gasteiger partial charge in [-0.05, 0) is 38.6 Å².